The summed E-state index contributed by atoms with van der Waals surface area (Å²) in [6, 6.07) is 8.60. The highest BCUT2D eigenvalue weighted by Gasteiger charge is 2.23. The molecule has 0 spiro atoms. The summed E-state index contributed by atoms with van der Waals surface area (Å²) in [7, 11) is 0. The van der Waals surface area contributed by atoms with Crippen molar-refractivity contribution in [2.45, 2.75) is 58.0 Å². The van der Waals surface area contributed by atoms with E-state index < -0.39 is 0 Å². The molecule has 20 heavy (non-hydrogen) atoms. The second kappa shape index (κ2) is 5.96. The van der Waals surface area contributed by atoms with Crippen LogP contribution in [0.25, 0.3) is 0 Å². The second-order valence-corrected chi connectivity index (χ2v) is 6.75. The lowest BCUT2D eigenvalue weighted by Gasteiger charge is -2.21. The van der Waals surface area contributed by atoms with Gasteiger partial charge in [0.05, 0.1) is 12.1 Å². The van der Waals surface area contributed by atoms with E-state index in [-0.39, 0.29) is 23.4 Å². The molecule has 0 aliphatic carbocycles. The van der Waals surface area contributed by atoms with Crippen LogP contribution in [-0.2, 0) is 10.2 Å². The number of hydrogen-bond donors (Lipinski definition) is 2. The van der Waals surface area contributed by atoms with Crippen LogP contribution in [0.4, 0.5) is 0 Å². The zero-order valence-electron chi connectivity index (χ0n) is 13.0. The van der Waals surface area contributed by atoms with Crippen molar-refractivity contribution < 1.29 is 4.79 Å². The Balaban J connectivity index is 1.98. The van der Waals surface area contributed by atoms with E-state index in [1.165, 1.54) is 5.56 Å². The maximum absolute atomic E-state index is 12.1. The number of carbonyl (C=O) groups excluding carboxylic acids is 1. The van der Waals surface area contributed by atoms with Gasteiger partial charge in [-0.05, 0) is 42.9 Å². The Morgan fingerprint density at radius 3 is 2.45 bits per heavy atom. The Morgan fingerprint density at radius 1 is 1.30 bits per heavy atom. The lowest BCUT2D eigenvalue weighted by molar-refractivity contribution is -0.123. The average molecular weight is 274 g/mol. The number of carbonyl (C=O) groups is 1. The van der Waals surface area contributed by atoms with Gasteiger partial charge in [-0.1, -0.05) is 45.0 Å². The van der Waals surface area contributed by atoms with E-state index in [4.69, 9.17) is 0 Å². The van der Waals surface area contributed by atoms with Crippen molar-refractivity contribution in [2.24, 2.45) is 0 Å². The van der Waals surface area contributed by atoms with Crippen LogP contribution in [0, 0.1) is 0 Å². The normalized spacial score (nSPS) is 20.7. The molecule has 0 saturated carbocycles. The van der Waals surface area contributed by atoms with Crippen LogP contribution in [0.2, 0.25) is 0 Å². The third-order valence-corrected chi connectivity index (χ3v) is 4.01. The third-order valence-electron chi connectivity index (χ3n) is 4.01. The molecule has 1 aliphatic rings. The van der Waals surface area contributed by atoms with Gasteiger partial charge in [0.1, 0.15) is 0 Å². The average Bonchev–Trinajstić information content (AvgIpc) is 2.91. The highest BCUT2D eigenvalue weighted by molar-refractivity contribution is 5.82. The van der Waals surface area contributed by atoms with Crippen LogP contribution in [0.5, 0.6) is 0 Å². The van der Waals surface area contributed by atoms with Gasteiger partial charge in [-0.2, -0.15) is 0 Å². The molecule has 1 aromatic carbocycles. The maximum atomic E-state index is 12.1. The molecule has 1 aliphatic heterocycles. The van der Waals surface area contributed by atoms with Gasteiger partial charge in [0.2, 0.25) is 5.91 Å². The molecule has 2 atom stereocenters. The highest BCUT2D eigenvalue weighted by Crippen LogP contribution is 2.24. The van der Waals surface area contributed by atoms with Crippen molar-refractivity contribution in [1.82, 2.24) is 10.6 Å². The minimum atomic E-state index is -0.00806. The molecule has 2 N–H and O–H groups in total. The van der Waals surface area contributed by atoms with Crippen molar-refractivity contribution in [1.29, 1.82) is 0 Å². The molecular formula is C17H26N2O. The fourth-order valence-electron chi connectivity index (χ4n) is 2.58. The fraction of sp³-hybridized carbons (Fsp3) is 0.588. The van der Waals surface area contributed by atoms with Crippen LogP contribution in [0.1, 0.15) is 57.7 Å². The smallest absolute Gasteiger partial charge is 0.237 e. The van der Waals surface area contributed by atoms with Gasteiger partial charge in [0.15, 0.2) is 0 Å². The molecule has 0 radical (unpaired) electrons. The quantitative estimate of drug-likeness (QED) is 0.890. The molecule has 0 aromatic heterocycles. The molecule has 1 saturated heterocycles. The molecule has 0 bridgehead atoms. The lowest BCUT2D eigenvalue weighted by atomic mass is 9.86. The summed E-state index contributed by atoms with van der Waals surface area (Å²) in [6.07, 6.45) is 2.04. The minimum Gasteiger partial charge on any atom is -0.348 e. The van der Waals surface area contributed by atoms with Crippen molar-refractivity contribution >= 4 is 5.91 Å². The summed E-state index contributed by atoms with van der Waals surface area (Å²) < 4.78 is 0. The van der Waals surface area contributed by atoms with E-state index in [0.717, 1.165) is 24.9 Å². The molecule has 1 heterocycles. The minimum absolute atomic E-state index is 0.00806. The van der Waals surface area contributed by atoms with Gasteiger partial charge in [0.25, 0.3) is 0 Å². The van der Waals surface area contributed by atoms with E-state index >= 15 is 0 Å². The van der Waals surface area contributed by atoms with Crippen LogP contribution in [0.3, 0.4) is 0 Å². The summed E-state index contributed by atoms with van der Waals surface area (Å²) in [4.78, 5) is 12.1. The SMILES string of the molecule is CC(NC(=O)[C@H]1CCCN1)c1ccc(C(C)(C)C)cc1. The maximum Gasteiger partial charge on any atom is 0.237 e. The van der Waals surface area contributed by atoms with E-state index in [0.29, 0.717) is 0 Å². The monoisotopic (exact) mass is 274 g/mol. The first-order valence-electron chi connectivity index (χ1n) is 7.52. The summed E-state index contributed by atoms with van der Waals surface area (Å²) >= 11 is 0. The summed E-state index contributed by atoms with van der Waals surface area (Å²) in [6.45, 7) is 9.61. The first-order valence-corrected chi connectivity index (χ1v) is 7.52. The number of benzene rings is 1. The molecule has 110 valence electrons. The van der Waals surface area contributed by atoms with Gasteiger partial charge in [-0.3, -0.25) is 4.79 Å². The topological polar surface area (TPSA) is 41.1 Å². The summed E-state index contributed by atoms with van der Waals surface area (Å²) in [5, 5.41) is 6.33. The predicted molar refractivity (Wildman–Crippen MR) is 82.7 cm³/mol. The Morgan fingerprint density at radius 2 is 1.95 bits per heavy atom. The molecule has 1 unspecified atom stereocenters. The van der Waals surface area contributed by atoms with Gasteiger partial charge in [-0.25, -0.2) is 0 Å². The number of amides is 1. The zero-order valence-corrected chi connectivity index (χ0v) is 13.0. The first-order chi connectivity index (χ1) is 9.38. The summed E-state index contributed by atoms with van der Waals surface area (Å²) in [5.41, 5.74) is 2.64. The molecule has 1 amide bonds. The van der Waals surface area contributed by atoms with E-state index in [9.17, 15) is 4.79 Å². The van der Waals surface area contributed by atoms with Gasteiger partial charge >= 0.3 is 0 Å². The Kier molecular flexibility index (Phi) is 4.48. The van der Waals surface area contributed by atoms with Gasteiger partial charge < -0.3 is 10.6 Å². The van der Waals surface area contributed by atoms with Crippen LogP contribution < -0.4 is 10.6 Å². The number of nitrogens with one attached hydrogen (secondary N) is 2. The van der Waals surface area contributed by atoms with E-state index in [1.807, 2.05) is 6.92 Å². The molecule has 1 aromatic rings. The van der Waals surface area contributed by atoms with E-state index in [2.05, 4.69) is 55.7 Å². The molecule has 2 rings (SSSR count). The van der Waals surface area contributed by atoms with Crippen LogP contribution in [0.15, 0.2) is 24.3 Å². The molecular weight excluding hydrogens is 248 g/mol. The fourth-order valence-corrected chi connectivity index (χ4v) is 2.58. The number of rotatable bonds is 3. The van der Waals surface area contributed by atoms with Crippen LogP contribution in [-0.4, -0.2) is 18.5 Å². The predicted octanol–water partition coefficient (Wildman–Crippen LogP) is 2.91. The molecule has 3 nitrogen and oxygen atoms in total. The number of hydrogen-bond acceptors (Lipinski definition) is 2. The Hall–Kier alpha value is -1.35. The van der Waals surface area contributed by atoms with E-state index in [1.54, 1.807) is 0 Å². The molecule has 1 fully saturated rings. The Labute approximate surface area is 122 Å². The highest BCUT2D eigenvalue weighted by atomic mass is 16.2. The van der Waals surface area contributed by atoms with Crippen molar-refractivity contribution in [3.8, 4) is 0 Å². The van der Waals surface area contributed by atoms with Crippen molar-refractivity contribution in [3.63, 3.8) is 0 Å². The lowest BCUT2D eigenvalue weighted by Crippen LogP contribution is -2.41. The molecule has 3 heteroatoms. The van der Waals surface area contributed by atoms with Gasteiger partial charge in [-0.15, -0.1) is 0 Å². The third kappa shape index (κ3) is 3.60. The summed E-state index contributed by atoms with van der Waals surface area (Å²) in [5.74, 6) is 0.120. The Bertz CT molecular complexity index is 453. The van der Waals surface area contributed by atoms with Gasteiger partial charge in [0, 0.05) is 0 Å². The second-order valence-electron chi connectivity index (χ2n) is 6.75. The van der Waals surface area contributed by atoms with Crippen LogP contribution >= 0.6 is 0 Å². The first kappa shape index (κ1) is 15.0. The largest absolute Gasteiger partial charge is 0.348 e. The standard InChI is InChI=1S/C17H26N2O/c1-12(19-16(20)15-6-5-11-18-15)13-7-9-14(10-8-13)17(2,3)4/h7-10,12,15,18H,5-6,11H2,1-4H3,(H,19,20)/t12?,15-/m1/s1. The zero-order chi connectivity index (χ0) is 14.8. The van der Waals surface area contributed by atoms with Crippen molar-refractivity contribution in [2.75, 3.05) is 6.54 Å². The van der Waals surface area contributed by atoms with Crippen molar-refractivity contribution in [3.05, 3.63) is 35.4 Å².